The van der Waals surface area contributed by atoms with Crippen LogP contribution >= 0.6 is 0 Å². The minimum Gasteiger partial charge on any atom is -0.459 e. The Balaban J connectivity index is 2.22. The molecule has 3 rings (SSSR count). The number of esters is 1. The summed E-state index contributed by atoms with van der Waals surface area (Å²) in [7, 11) is 5.37. The Kier molecular flexibility index (Phi) is 16.6. The molecule has 316 valence electrons. The van der Waals surface area contributed by atoms with Gasteiger partial charge in [-0.3, -0.25) is 9.69 Å². The highest BCUT2D eigenvalue weighted by molar-refractivity contribution is 5.73. The number of carbonyl (C=O) groups excluding carboxylic acids is 1. The first-order valence-corrected chi connectivity index (χ1v) is 19.9. The molecule has 0 aromatic rings. The molecule has 0 bridgehead atoms. The number of hydrogen-bond donors (Lipinski definition) is 5. The van der Waals surface area contributed by atoms with Crippen LogP contribution in [-0.4, -0.2) is 161 Å². The monoisotopic (exact) mass is 774 g/mol. The van der Waals surface area contributed by atoms with Crippen molar-refractivity contribution in [1.29, 1.82) is 0 Å². The fourth-order valence-corrected chi connectivity index (χ4v) is 8.99. The molecule has 6 N–H and O–H groups in total. The maximum Gasteiger partial charge on any atom is 0.311 e. The summed E-state index contributed by atoms with van der Waals surface area (Å²) in [6.07, 6.45) is -5.11. The SMILES string of the molecule is C=CCN1C[C@H](C)[C@@H](O)[C@](C)(O)[C@@H](CC)OC(=O)[C@H](C)[C@@H](O[C@H]2C[C@@](C)(OC)C(N)[C@H](C)O2)[C@H](C)[C@@H](O[C@@H]2O[C@H](C)C[C@H](N(C)C)[C@H]2O)[C@](C)(O)C[C@H]1C. The molecule has 0 saturated carbocycles. The average Bonchev–Trinajstić information content (AvgIpc) is 3.09. The van der Waals surface area contributed by atoms with E-state index in [0.29, 0.717) is 19.5 Å². The molecule has 14 nitrogen and oxygen atoms in total. The number of methoxy groups -OCH3 is 1. The zero-order chi connectivity index (χ0) is 41.1. The number of rotatable bonds is 9. The van der Waals surface area contributed by atoms with E-state index >= 15 is 0 Å². The molecule has 3 fully saturated rings. The van der Waals surface area contributed by atoms with Crippen molar-refractivity contribution in [1.82, 2.24) is 9.80 Å². The van der Waals surface area contributed by atoms with E-state index in [-0.39, 0.29) is 37.5 Å². The second kappa shape index (κ2) is 19.0. The summed E-state index contributed by atoms with van der Waals surface area (Å²) in [5, 5.41) is 47.7. The van der Waals surface area contributed by atoms with Gasteiger partial charge in [-0.2, -0.15) is 0 Å². The van der Waals surface area contributed by atoms with Gasteiger partial charge in [-0.1, -0.05) is 26.8 Å². The number of aliphatic hydroxyl groups excluding tert-OH is 2. The van der Waals surface area contributed by atoms with Crippen molar-refractivity contribution in [3.05, 3.63) is 12.7 Å². The van der Waals surface area contributed by atoms with Crippen LogP contribution in [-0.2, 0) is 33.2 Å². The molecule has 0 aromatic heterocycles. The highest BCUT2D eigenvalue weighted by Gasteiger charge is 2.52. The molecular formula is C40H75N3O11. The van der Waals surface area contributed by atoms with Crippen molar-refractivity contribution >= 4 is 5.97 Å². The summed E-state index contributed by atoms with van der Waals surface area (Å²) in [5.41, 5.74) is 2.31. The van der Waals surface area contributed by atoms with Gasteiger partial charge in [-0.05, 0) is 87.7 Å². The molecule has 14 heteroatoms. The lowest BCUT2D eigenvalue weighted by atomic mass is 9.78. The van der Waals surface area contributed by atoms with Gasteiger partial charge >= 0.3 is 5.97 Å². The van der Waals surface area contributed by atoms with Gasteiger partial charge in [0.1, 0.15) is 17.8 Å². The standard InChI is InChI=1S/C40H75N3O11/c1-15-17-43-21-22(3)34(45)40(11,48)29(16-2)52-36(46)26(7)32(53-30-20-39(10,49-14)33(41)27(8)51-30)25(6)35(38(9,47)19-23(43)4)54-37-31(44)28(42(12)13)18-24(5)50-37/h15,22-35,37,44-45,47-48H,1,16-21,41H2,2-14H3/t22-,23+,24+,25-,26+,27-,28-,29+,30-,31+,32-,33?,34+,35+,37-,38+,39+,40+/m0/s1. The molecule has 0 radical (unpaired) electrons. The van der Waals surface area contributed by atoms with Crippen LogP contribution in [0.2, 0.25) is 0 Å². The minimum absolute atomic E-state index is 0.182. The molecule has 0 aromatic carbocycles. The van der Waals surface area contributed by atoms with Crippen LogP contribution < -0.4 is 5.73 Å². The Bertz CT molecular complexity index is 1210. The van der Waals surface area contributed by atoms with E-state index < -0.39 is 95.8 Å². The predicted molar refractivity (Wildman–Crippen MR) is 205 cm³/mol. The number of nitrogens with zero attached hydrogens (tertiary/aromatic N) is 2. The highest BCUT2D eigenvalue weighted by atomic mass is 16.7. The molecule has 3 heterocycles. The maximum atomic E-state index is 14.3. The van der Waals surface area contributed by atoms with Gasteiger partial charge in [0.15, 0.2) is 12.6 Å². The fourth-order valence-electron chi connectivity index (χ4n) is 8.99. The van der Waals surface area contributed by atoms with Crippen molar-refractivity contribution < 1.29 is 53.6 Å². The molecule has 1 unspecified atom stereocenters. The number of likely N-dealkylation sites (N-methyl/N-ethyl adjacent to an activating group) is 1. The van der Waals surface area contributed by atoms with Crippen LogP contribution in [0, 0.1) is 17.8 Å². The van der Waals surface area contributed by atoms with E-state index in [9.17, 15) is 25.2 Å². The number of hydrogen-bond acceptors (Lipinski definition) is 14. The smallest absolute Gasteiger partial charge is 0.311 e. The van der Waals surface area contributed by atoms with Gasteiger partial charge < -0.3 is 59.5 Å². The van der Waals surface area contributed by atoms with Crippen molar-refractivity contribution in [3.8, 4) is 0 Å². The number of nitrogens with two attached hydrogens (primary N) is 1. The van der Waals surface area contributed by atoms with Crippen molar-refractivity contribution in [3.63, 3.8) is 0 Å². The number of aliphatic hydroxyl groups is 4. The quantitative estimate of drug-likeness (QED) is 0.170. The Labute approximate surface area is 324 Å². The van der Waals surface area contributed by atoms with Crippen LogP contribution in [0.5, 0.6) is 0 Å². The van der Waals surface area contributed by atoms with E-state index in [4.69, 9.17) is 34.2 Å². The fraction of sp³-hybridized carbons (Fsp3) is 0.925. The zero-order valence-electron chi connectivity index (χ0n) is 35.3. The van der Waals surface area contributed by atoms with Gasteiger partial charge in [0, 0.05) is 44.6 Å². The second-order valence-electron chi connectivity index (χ2n) is 17.5. The summed E-state index contributed by atoms with van der Waals surface area (Å²) < 4.78 is 38.0. The summed E-state index contributed by atoms with van der Waals surface area (Å²) in [4.78, 5) is 18.3. The number of cyclic esters (lactones) is 1. The van der Waals surface area contributed by atoms with Crippen molar-refractivity contribution in [2.75, 3.05) is 34.3 Å². The summed E-state index contributed by atoms with van der Waals surface area (Å²) in [6.45, 7) is 22.7. The molecule has 0 spiro atoms. The summed E-state index contributed by atoms with van der Waals surface area (Å²) in [5.74, 6) is -2.87. The molecule has 54 heavy (non-hydrogen) atoms. The van der Waals surface area contributed by atoms with Crippen LogP contribution in [0.1, 0.15) is 94.9 Å². The molecule has 0 amide bonds. The van der Waals surface area contributed by atoms with Crippen molar-refractivity contribution in [2.45, 2.75) is 185 Å². The van der Waals surface area contributed by atoms with Crippen LogP contribution in [0.4, 0.5) is 0 Å². The number of ether oxygens (including phenoxy) is 6. The molecule has 0 aliphatic carbocycles. The minimum atomic E-state index is -1.79. The second-order valence-corrected chi connectivity index (χ2v) is 17.5. The van der Waals surface area contributed by atoms with E-state index in [1.54, 1.807) is 34.0 Å². The Morgan fingerprint density at radius 1 is 1.04 bits per heavy atom. The lowest BCUT2D eigenvalue weighted by Gasteiger charge is -2.49. The van der Waals surface area contributed by atoms with E-state index in [1.165, 1.54) is 6.92 Å². The third kappa shape index (κ3) is 10.6. The summed E-state index contributed by atoms with van der Waals surface area (Å²) >= 11 is 0. The highest BCUT2D eigenvalue weighted by Crippen LogP contribution is 2.40. The van der Waals surface area contributed by atoms with Gasteiger partial charge in [-0.25, -0.2) is 0 Å². The molecule has 3 saturated heterocycles. The van der Waals surface area contributed by atoms with E-state index in [2.05, 4.69) is 11.5 Å². The Morgan fingerprint density at radius 2 is 1.67 bits per heavy atom. The molecule has 18 atom stereocenters. The lowest BCUT2D eigenvalue weighted by molar-refractivity contribution is -0.311. The summed E-state index contributed by atoms with van der Waals surface area (Å²) in [6, 6.07) is -1.01. The van der Waals surface area contributed by atoms with Crippen LogP contribution in [0.25, 0.3) is 0 Å². The first-order valence-electron chi connectivity index (χ1n) is 19.9. The predicted octanol–water partition coefficient (Wildman–Crippen LogP) is 2.42. The largest absolute Gasteiger partial charge is 0.459 e. The number of carbonyl (C=O) groups is 1. The van der Waals surface area contributed by atoms with Gasteiger partial charge in [0.25, 0.3) is 0 Å². The average molecular weight is 774 g/mol. The van der Waals surface area contributed by atoms with Gasteiger partial charge in [-0.15, -0.1) is 6.58 Å². The molecule has 3 aliphatic heterocycles. The van der Waals surface area contributed by atoms with Gasteiger partial charge in [0.05, 0.1) is 53.7 Å². The normalized spacial score (nSPS) is 48.1. The van der Waals surface area contributed by atoms with Crippen molar-refractivity contribution in [2.24, 2.45) is 23.5 Å². The third-order valence-electron chi connectivity index (χ3n) is 12.6. The first-order chi connectivity index (χ1) is 24.9. The topological polar surface area (TPSA) is 186 Å². The third-order valence-corrected chi connectivity index (χ3v) is 12.6. The zero-order valence-corrected chi connectivity index (χ0v) is 35.3. The van der Waals surface area contributed by atoms with Crippen LogP contribution in [0.3, 0.4) is 0 Å². The van der Waals surface area contributed by atoms with E-state index in [0.717, 1.165) is 0 Å². The lowest BCUT2D eigenvalue weighted by Crippen LogP contribution is -2.62. The van der Waals surface area contributed by atoms with Gasteiger partial charge in [0.2, 0.25) is 0 Å². The Hall–Kier alpha value is -1.27. The van der Waals surface area contributed by atoms with Crippen LogP contribution in [0.15, 0.2) is 12.7 Å². The molecular weight excluding hydrogens is 698 g/mol. The molecule has 3 aliphatic rings. The van der Waals surface area contributed by atoms with E-state index in [1.807, 2.05) is 60.5 Å². The Morgan fingerprint density at radius 3 is 2.22 bits per heavy atom. The maximum absolute atomic E-state index is 14.3. The first kappa shape index (κ1) is 47.1.